The van der Waals surface area contributed by atoms with E-state index in [2.05, 4.69) is 24.0 Å². The van der Waals surface area contributed by atoms with E-state index in [1.165, 1.54) is 0 Å². The van der Waals surface area contributed by atoms with Crippen molar-refractivity contribution in [1.29, 1.82) is 0 Å². The van der Waals surface area contributed by atoms with Crippen LogP contribution in [0.4, 0.5) is 0 Å². The number of benzene rings is 1. The fourth-order valence-electron chi connectivity index (χ4n) is 2.15. The van der Waals surface area contributed by atoms with Gasteiger partial charge in [-0.05, 0) is 30.2 Å². The molecule has 0 atom stereocenters. The molecule has 2 N–H and O–H groups in total. The summed E-state index contributed by atoms with van der Waals surface area (Å²) >= 11 is 5.86. The smallest absolute Gasteiger partial charge is 0.241 e. The summed E-state index contributed by atoms with van der Waals surface area (Å²) in [6, 6.07) is 7.19. The van der Waals surface area contributed by atoms with Crippen LogP contribution in [-0.4, -0.2) is 34.0 Å². The summed E-state index contributed by atoms with van der Waals surface area (Å²) in [7, 11) is 0. The van der Waals surface area contributed by atoms with Gasteiger partial charge in [0.05, 0.1) is 13.1 Å². The van der Waals surface area contributed by atoms with E-state index in [9.17, 15) is 4.79 Å². The molecule has 0 saturated carbocycles. The van der Waals surface area contributed by atoms with E-state index >= 15 is 0 Å². The molecule has 1 amide bonds. The van der Waals surface area contributed by atoms with Gasteiger partial charge >= 0.3 is 0 Å². The van der Waals surface area contributed by atoms with Crippen LogP contribution in [0, 0.1) is 5.92 Å². The third kappa shape index (κ3) is 4.82. The zero-order valence-corrected chi connectivity index (χ0v) is 13.4. The average molecular weight is 323 g/mol. The largest absolute Gasteiger partial charge is 0.369 e. The minimum atomic E-state index is -0.377. The van der Waals surface area contributed by atoms with Crippen LogP contribution in [0.15, 0.2) is 28.8 Å². The van der Waals surface area contributed by atoms with Gasteiger partial charge in [0, 0.05) is 17.1 Å². The van der Waals surface area contributed by atoms with Gasteiger partial charge in [0.1, 0.15) is 0 Å². The van der Waals surface area contributed by atoms with Crippen LogP contribution in [0.5, 0.6) is 0 Å². The third-order valence-electron chi connectivity index (χ3n) is 2.93. The standard InChI is InChI=1S/C15H19ClN4O2/c1-10(2)7-20(8-13(17)21)9-14-18-15(19-22-14)11-3-5-12(16)6-4-11/h3-6,10H,7-9H2,1-2H3,(H2,17,21). The zero-order valence-electron chi connectivity index (χ0n) is 12.6. The van der Waals surface area contributed by atoms with Gasteiger partial charge < -0.3 is 10.3 Å². The molecule has 0 aliphatic carbocycles. The number of amides is 1. The van der Waals surface area contributed by atoms with Crippen molar-refractivity contribution in [1.82, 2.24) is 15.0 Å². The molecule has 1 aromatic heterocycles. The van der Waals surface area contributed by atoms with Crippen LogP contribution in [-0.2, 0) is 11.3 Å². The Morgan fingerprint density at radius 1 is 1.36 bits per heavy atom. The zero-order chi connectivity index (χ0) is 16.1. The minimum Gasteiger partial charge on any atom is -0.369 e. The molecule has 0 radical (unpaired) electrons. The van der Waals surface area contributed by atoms with E-state index in [0.717, 1.165) is 12.1 Å². The van der Waals surface area contributed by atoms with E-state index in [-0.39, 0.29) is 12.5 Å². The molecule has 22 heavy (non-hydrogen) atoms. The maximum atomic E-state index is 11.1. The first kappa shape index (κ1) is 16.5. The molecule has 0 fully saturated rings. The van der Waals surface area contributed by atoms with Gasteiger partial charge in [-0.3, -0.25) is 9.69 Å². The number of aromatic nitrogens is 2. The lowest BCUT2D eigenvalue weighted by atomic mass is 10.2. The van der Waals surface area contributed by atoms with Gasteiger partial charge in [-0.25, -0.2) is 0 Å². The van der Waals surface area contributed by atoms with Crippen molar-refractivity contribution in [3.63, 3.8) is 0 Å². The lowest BCUT2D eigenvalue weighted by molar-refractivity contribution is -0.119. The van der Waals surface area contributed by atoms with Crippen molar-refractivity contribution in [2.75, 3.05) is 13.1 Å². The summed E-state index contributed by atoms with van der Waals surface area (Å²) in [6.45, 7) is 5.42. The van der Waals surface area contributed by atoms with E-state index < -0.39 is 0 Å². The van der Waals surface area contributed by atoms with Crippen molar-refractivity contribution in [3.05, 3.63) is 35.2 Å². The highest BCUT2D eigenvalue weighted by Gasteiger charge is 2.16. The summed E-state index contributed by atoms with van der Waals surface area (Å²) in [6.07, 6.45) is 0. The van der Waals surface area contributed by atoms with Crippen LogP contribution in [0.1, 0.15) is 19.7 Å². The molecule has 1 heterocycles. The first-order valence-corrected chi connectivity index (χ1v) is 7.41. The Kier molecular flexibility index (Phi) is 5.51. The highest BCUT2D eigenvalue weighted by molar-refractivity contribution is 6.30. The number of carbonyl (C=O) groups is 1. The monoisotopic (exact) mass is 322 g/mol. The van der Waals surface area contributed by atoms with Crippen LogP contribution in [0.2, 0.25) is 5.02 Å². The quantitative estimate of drug-likeness (QED) is 0.845. The van der Waals surface area contributed by atoms with Crippen LogP contribution >= 0.6 is 11.6 Å². The molecule has 1 aromatic carbocycles. The lowest BCUT2D eigenvalue weighted by Crippen LogP contribution is -2.35. The number of hydrogen-bond donors (Lipinski definition) is 1. The molecule has 0 aliphatic heterocycles. The molecular weight excluding hydrogens is 304 g/mol. The summed E-state index contributed by atoms with van der Waals surface area (Å²) < 4.78 is 5.26. The Hall–Kier alpha value is -1.92. The van der Waals surface area contributed by atoms with E-state index in [4.69, 9.17) is 21.9 Å². The molecule has 0 aliphatic rings. The summed E-state index contributed by atoms with van der Waals surface area (Å²) in [4.78, 5) is 17.4. The third-order valence-corrected chi connectivity index (χ3v) is 3.18. The Morgan fingerprint density at radius 2 is 2.05 bits per heavy atom. The molecule has 6 nitrogen and oxygen atoms in total. The van der Waals surface area contributed by atoms with Gasteiger partial charge in [-0.2, -0.15) is 4.98 Å². The Labute approximate surface area is 134 Å². The Morgan fingerprint density at radius 3 is 2.64 bits per heavy atom. The number of primary amides is 1. The van der Waals surface area contributed by atoms with Crippen LogP contribution in [0.25, 0.3) is 11.4 Å². The fourth-order valence-corrected chi connectivity index (χ4v) is 2.27. The number of nitrogens with two attached hydrogens (primary N) is 1. The van der Waals surface area contributed by atoms with Gasteiger partial charge in [0.15, 0.2) is 0 Å². The van der Waals surface area contributed by atoms with Crippen LogP contribution < -0.4 is 5.73 Å². The molecule has 0 spiro atoms. The van der Waals surface area contributed by atoms with Crippen molar-refractivity contribution in [3.8, 4) is 11.4 Å². The van der Waals surface area contributed by atoms with Gasteiger partial charge in [0.25, 0.3) is 0 Å². The molecule has 7 heteroatoms. The normalized spacial score (nSPS) is 11.3. The first-order chi connectivity index (χ1) is 10.4. The number of halogens is 1. The SMILES string of the molecule is CC(C)CN(CC(N)=O)Cc1nc(-c2ccc(Cl)cc2)no1. The summed E-state index contributed by atoms with van der Waals surface area (Å²) in [5.41, 5.74) is 6.10. The number of rotatable bonds is 7. The Balaban J connectivity index is 2.09. The van der Waals surface area contributed by atoms with Gasteiger partial charge in [-0.15, -0.1) is 0 Å². The van der Waals surface area contributed by atoms with Crippen molar-refractivity contribution in [2.45, 2.75) is 20.4 Å². The predicted octanol–water partition coefficient (Wildman–Crippen LogP) is 2.33. The molecule has 0 unspecified atom stereocenters. The topological polar surface area (TPSA) is 85.2 Å². The Bertz CT molecular complexity index is 625. The summed E-state index contributed by atoms with van der Waals surface area (Å²) in [5, 5.41) is 4.61. The van der Waals surface area contributed by atoms with E-state index in [0.29, 0.717) is 29.2 Å². The molecule has 2 aromatic rings. The average Bonchev–Trinajstić information content (AvgIpc) is 2.86. The van der Waals surface area contributed by atoms with E-state index in [1.54, 1.807) is 12.1 Å². The number of carbonyl (C=O) groups excluding carboxylic acids is 1. The lowest BCUT2D eigenvalue weighted by Gasteiger charge is -2.20. The van der Waals surface area contributed by atoms with Gasteiger partial charge in [-0.1, -0.05) is 30.6 Å². The fraction of sp³-hybridized carbons (Fsp3) is 0.400. The molecule has 0 saturated heterocycles. The highest BCUT2D eigenvalue weighted by Crippen LogP contribution is 2.19. The minimum absolute atomic E-state index is 0.164. The second-order valence-electron chi connectivity index (χ2n) is 5.55. The van der Waals surface area contributed by atoms with Crippen molar-refractivity contribution >= 4 is 17.5 Å². The van der Waals surface area contributed by atoms with E-state index in [1.807, 2.05) is 17.0 Å². The van der Waals surface area contributed by atoms with Crippen molar-refractivity contribution < 1.29 is 9.32 Å². The van der Waals surface area contributed by atoms with Gasteiger partial charge in [0.2, 0.25) is 17.6 Å². The maximum Gasteiger partial charge on any atom is 0.241 e. The second-order valence-corrected chi connectivity index (χ2v) is 5.98. The second kappa shape index (κ2) is 7.38. The maximum absolute atomic E-state index is 11.1. The summed E-state index contributed by atoms with van der Waals surface area (Å²) in [5.74, 6) is 0.971. The number of nitrogens with zero attached hydrogens (tertiary/aromatic N) is 3. The van der Waals surface area contributed by atoms with Crippen molar-refractivity contribution in [2.24, 2.45) is 11.7 Å². The molecule has 2 rings (SSSR count). The van der Waals surface area contributed by atoms with Crippen LogP contribution in [0.3, 0.4) is 0 Å². The molecular formula is C15H19ClN4O2. The molecule has 0 bridgehead atoms. The molecule has 118 valence electrons. The number of hydrogen-bond acceptors (Lipinski definition) is 5. The first-order valence-electron chi connectivity index (χ1n) is 7.03. The highest BCUT2D eigenvalue weighted by atomic mass is 35.5. The predicted molar refractivity (Wildman–Crippen MR) is 84.1 cm³/mol.